The second kappa shape index (κ2) is 6.22. The smallest absolute Gasteiger partial charge is 0.169 e. The van der Waals surface area contributed by atoms with Gasteiger partial charge in [-0.3, -0.25) is 4.90 Å². The average Bonchev–Trinajstić information content (AvgIpc) is 3.29. The maximum absolute atomic E-state index is 5.46. The average molecular weight is 326 g/mol. The first-order chi connectivity index (χ1) is 11.3. The number of likely N-dealkylation sites (tertiary alicyclic amines) is 1. The number of rotatable bonds is 4. The minimum absolute atomic E-state index is 0.313. The van der Waals surface area contributed by atoms with E-state index in [0.29, 0.717) is 6.04 Å². The highest BCUT2D eigenvalue weighted by atomic mass is 32.1. The number of thiophene rings is 1. The van der Waals surface area contributed by atoms with Gasteiger partial charge in [-0.05, 0) is 37.8 Å². The maximum Gasteiger partial charge on any atom is 0.169 e. The summed E-state index contributed by atoms with van der Waals surface area (Å²) in [6.07, 6.45) is 6.16. The molecule has 4 rings (SSSR count). The zero-order chi connectivity index (χ0) is 15.6. The molecule has 0 radical (unpaired) electrons. The van der Waals surface area contributed by atoms with Gasteiger partial charge in [-0.25, -0.2) is 9.97 Å². The van der Waals surface area contributed by atoms with Gasteiger partial charge in [0.1, 0.15) is 0 Å². The molecule has 6 heteroatoms. The van der Waals surface area contributed by atoms with Crippen molar-refractivity contribution in [3.8, 4) is 10.7 Å². The number of nitrogens with zero attached hydrogens (tertiary/aromatic N) is 4. The lowest BCUT2D eigenvalue weighted by atomic mass is 10.1. The first-order valence-electron chi connectivity index (χ1n) is 7.81. The van der Waals surface area contributed by atoms with E-state index in [4.69, 9.17) is 4.52 Å². The molecule has 1 aliphatic heterocycles. The van der Waals surface area contributed by atoms with Gasteiger partial charge in [0.05, 0.1) is 16.6 Å². The van der Waals surface area contributed by atoms with Crippen molar-refractivity contribution in [2.45, 2.75) is 32.4 Å². The van der Waals surface area contributed by atoms with Crippen LogP contribution in [-0.2, 0) is 6.54 Å². The number of hydrogen-bond donors (Lipinski definition) is 0. The fourth-order valence-corrected chi connectivity index (χ4v) is 3.75. The SMILES string of the molecule is Cc1cc([C@H]2CCCN2Cc2cnc(-c3cccs3)nc2)on1. The van der Waals surface area contributed by atoms with Crippen molar-refractivity contribution in [2.75, 3.05) is 6.54 Å². The Labute approximate surface area is 139 Å². The van der Waals surface area contributed by atoms with E-state index in [9.17, 15) is 0 Å². The van der Waals surface area contributed by atoms with Gasteiger partial charge in [0.25, 0.3) is 0 Å². The Hall–Kier alpha value is -2.05. The third-order valence-electron chi connectivity index (χ3n) is 4.17. The van der Waals surface area contributed by atoms with Crippen molar-refractivity contribution < 1.29 is 4.52 Å². The molecule has 1 fully saturated rings. The summed E-state index contributed by atoms with van der Waals surface area (Å²) in [6.45, 7) is 3.87. The Morgan fingerprint density at radius 2 is 2.22 bits per heavy atom. The summed E-state index contributed by atoms with van der Waals surface area (Å²) < 4.78 is 5.46. The van der Waals surface area contributed by atoms with Crippen LogP contribution in [0, 0.1) is 6.92 Å². The van der Waals surface area contributed by atoms with E-state index in [1.54, 1.807) is 11.3 Å². The van der Waals surface area contributed by atoms with Crippen LogP contribution in [0.15, 0.2) is 40.5 Å². The second-order valence-corrected chi connectivity index (χ2v) is 6.84. The Bertz CT molecular complexity index is 766. The zero-order valence-electron chi connectivity index (χ0n) is 13.0. The molecule has 1 aliphatic rings. The van der Waals surface area contributed by atoms with Gasteiger partial charge >= 0.3 is 0 Å². The number of hydrogen-bond acceptors (Lipinski definition) is 6. The van der Waals surface area contributed by atoms with Crippen molar-refractivity contribution in [1.29, 1.82) is 0 Å². The Morgan fingerprint density at radius 1 is 1.35 bits per heavy atom. The predicted octanol–water partition coefficient (Wildman–Crippen LogP) is 3.84. The molecule has 0 bridgehead atoms. The molecule has 3 aromatic rings. The van der Waals surface area contributed by atoms with E-state index >= 15 is 0 Å². The highest BCUT2D eigenvalue weighted by Gasteiger charge is 2.29. The molecule has 3 aromatic heterocycles. The van der Waals surface area contributed by atoms with Crippen LogP contribution in [-0.4, -0.2) is 26.6 Å². The molecule has 0 unspecified atom stereocenters. The van der Waals surface area contributed by atoms with Crippen LogP contribution in [0.4, 0.5) is 0 Å². The van der Waals surface area contributed by atoms with Crippen molar-refractivity contribution in [3.63, 3.8) is 0 Å². The van der Waals surface area contributed by atoms with Crippen LogP contribution in [0.2, 0.25) is 0 Å². The summed E-state index contributed by atoms with van der Waals surface area (Å²) in [5.41, 5.74) is 2.07. The highest BCUT2D eigenvalue weighted by molar-refractivity contribution is 7.13. The normalized spacial score (nSPS) is 18.6. The molecule has 1 saturated heterocycles. The van der Waals surface area contributed by atoms with Crippen molar-refractivity contribution in [1.82, 2.24) is 20.0 Å². The van der Waals surface area contributed by atoms with Gasteiger partial charge in [-0.2, -0.15) is 0 Å². The predicted molar refractivity (Wildman–Crippen MR) is 89.0 cm³/mol. The minimum Gasteiger partial charge on any atom is -0.359 e. The van der Waals surface area contributed by atoms with Crippen LogP contribution in [0.25, 0.3) is 10.7 Å². The molecule has 23 heavy (non-hydrogen) atoms. The van der Waals surface area contributed by atoms with Gasteiger partial charge in [-0.15, -0.1) is 11.3 Å². The van der Waals surface area contributed by atoms with Crippen molar-refractivity contribution in [3.05, 3.63) is 53.0 Å². The Morgan fingerprint density at radius 3 is 2.91 bits per heavy atom. The van der Waals surface area contributed by atoms with E-state index in [1.807, 2.05) is 42.9 Å². The standard InChI is InChI=1S/C17H18N4OS/c1-12-8-15(22-20-12)14-4-2-6-21(14)11-13-9-18-17(19-10-13)16-5-3-7-23-16/h3,5,7-10,14H,2,4,6,11H2,1H3/t14-/m1/s1. The van der Waals surface area contributed by atoms with Gasteiger partial charge in [0.15, 0.2) is 11.6 Å². The molecule has 1 atom stereocenters. The third-order valence-corrected chi connectivity index (χ3v) is 5.04. The summed E-state index contributed by atoms with van der Waals surface area (Å²) in [5, 5.41) is 6.06. The van der Waals surface area contributed by atoms with Gasteiger partial charge < -0.3 is 4.52 Å². The first kappa shape index (κ1) is 14.5. The Kier molecular flexibility index (Phi) is 3.93. The molecular formula is C17H18N4OS. The molecule has 0 amide bonds. The lowest BCUT2D eigenvalue weighted by Gasteiger charge is -2.21. The van der Waals surface area contributed by atoms with Crippen LogP contribution < -0.4 is 0 Å². The van der Waals surface area contributed by atoms with E-state index in [1.165, 1.54) is 6.42 Å². The van der Waals surface area contributed by atoms with E-state index < -0.39 is 0 Å². The Balaban J connectivity index is 1.49. The molecule has 0 N–H and O–H groups in total. The lowest BCUT2D eigenvalue weighted by Crippen LogP contribution is -2.22. The summed E-state index contributed by atoms with van der Waals surface area (Å²) in [4.78, 5) is 12.5. The van der Waals surface area contributed by atoms with E-state index in [2.05, 4.69) is 20.0 Å². The van der Waals surface area contributed by atoms with Gasteiger partial charge in [-0.1, -0.05) is 11.2 Å². The zero-order valence-corrected chi connectivity index (χ0v) is 13.8. The number of aromatic nitrogens is 3. The number of aryl methyl sites for hydroxylation is 1. The largest absolute Gasteiger partial charge is 0.359 e. The van der Waals surface area contributed by atoms with Crippen molar-refractivity contribution >= 4 is 11.3 Å². The molecule has 118 valence electrons. The molecular weight excluding hydrogens is 308 g/mol. The van der Waals surface area contributed by atoms with E-state index in [-0.39, 0.29) is 0 Å². The summed E-state index contributed by atoms with van der Waals surface area (Å²) in [7, 11) is 0. The molecule has 4 heterocycles. The molecule has 5 nitrogen and oxygen atoms in total. The fraction of sp³-hybridized carbons (Fsp3) is 0.353. The third kappa shape index (κ3) is 3.04. The monoisotopic (exact) mass is 326 g/mol. The minimum atomic E-state index is 0.313. The highest BCUT2D eigenvalue weighted by Crippen LogP contribution is 2.33. The maximum atomic E-state index is 5.46. The molecule has 0 saturated carbocycles. The summed E-state index contributed by atoms with van der Waals surface area (Å²) in [6, 6.07) is 6.42. The first-order valence-corrected chi connectivity index (χ1v) is 8.69. The molecule has 0 aliphatic carbocycles. The van der Waals surface area contributed by atoms with Crippen LogP contribution in [0.1, 0.15) is 35.9 Å². The van der Waals surface area contributed by atoms with Gasteiger partial charge in [0, 0.05) is 30.6 Å². The fourth-order valence-electron chi connectivity index (χ4n) is 3.08. The quantitative estimate of drug-likeness (QED) is 0.729. The van der Waals surface area contributed by atoms with Gasteiger partial charge in [0.2, 0.25) is 0 Å². The van der Waals surface area contributed by atoms with Crippen LogP contribution in [0.5, 0.6) is 0 Å². The molecule has 0 spiro atoms. The van der Waals surface area contributed by atoms with Crippen LogP contribution >= 0.6 is 11.3 Å². The van der Waals surface area contributed by atoms with Crippen molar-refractivity contribution in [2.24, 2.45) is 0 Å². The summed E-state index contributed by atoms with van der Waals surface area (Å²) >= 11 is 1.66. The van der Waals surface area contributed by atoms with E-state index in [0.717, 1.165) is 47.2 Å². The summed E-state index contributed by atoms with van der Waals surface area (Å²) in [5.74, 6) is 1.77. The topological polar surface area (TPSA) is 55.1 Å². The van der Waals surface area contributed by atoms with Crippen LogP contribution in [0.3, 0.4) is 0 Å². The second-order valence-electron chi connectivity index (χ2n) is 5.89. The lowest BCUT2D eigenvalue weighted by molar-refractivity contribution is 0.206. The molecule has 0 aromatic carbocycles.